The quantitative estimate of drug-likeness (QED) is 0.368. The maximum absolute atomic E-state index is 13.3. The highest BCUT2D eigenvalue weighted by Crippen LogP contribution is 2.59. The number of carbonyl (C=O) groups is 1. The average Bonchev–Trinajstić information content (AvgIpc) is 3.47. The van der Waals surface area contributed by atoms with E-state index < -0.39 is 27.5 Å². The van der Waals surface area contributed by atoms with E-state index in [0.717, 1.165) is 6.42 Å². The maximum atomic E-state index is 13.3. The summed E-state index contributed by atoms with van der Waals surface area (Å²) in [6.45, 7) is 6.69. The van der Waals surface area contributed by atoms with E-state index in [1.807, 2.05) is 11.8 Å². The molecule has 13 heteroatoms. The number of pyridine rings is 1. The standard InChI is InChI=1S/C28H32F3N5O4S/c1-19-17-26(2,3)18-35(19)24-21(25(37)34-41(38,39)20-7-5-4-6-8-20)9-10-22(32-24)36-15-11-23(33-36)40-16-14-27(12-13-27)28(29,30)31/h4-11,15,19H,12-14,16-18H2,1-3H3,(H,34,37). The highest BCUT2D eigenvalue weighted by atomic mass is 32.2. The zero-order valence-corrected chi connectivity index (χ0v) is 23.8. The Kier molecular flexibility index (Phi) is 7.29. The number of aromatic nitrogens is 3. The van der Waals surface area contributed by atoms with Crippen LogP contribution in [0.25, 0.3) is 5.82 Å². The van der Waals surface area contributed by atoms with Crippen LogP contribution >= 0.6 is 0 Å². The molecule has 1 saturated carbocycles. The number of carbonyl (C=O) groups excluding carboxylic acids is 1. The third-order valence-electron chi connectivity index (χ3n) is 7.72. The van der Waals surface area contributed by atoms with Crippen molar-refractivity contribution in [2.24, 2.45) is 10.8 Å². The average molecular weight is 592 g/mol. The number of benzene rings is 1. The summed E-state index contributed by atoms with van der Waals surface area (Å²) in [5, 5.41) is 4.31. The molecule has 0 radical (unpaired) electrons. The molecule has 41 heavy (non-hydrogen) atoms. The second kappa shape index (κ2) is 10.3. The Morgan fingerprint density at radius 3 is 2.44 bits per heavy atom. The Bertz CT molecular complexity index is 1540. The fourth-order valence-corrected chi connectivity index (χ4v) is 6.35. The number of anilines is 1. The van der Waals surface area contributed by atoms with Gasteiger partial charge in [-0.3, -0.25) is 4.79 Å². The molecule has 1 unspecified atom stereocenters. The third-order valence-corrected chi connectivity index (χ3v) is 9.07. The van der Waals surface area contributed by atoms with Crippen molar-refractivity contribution in [2.45, 2.75) is 63.6 Å². The van der Waals surface area contributed by atoms with Gasteiger partial charge in [-0.15, -0.1) is 5.10 Å². The summed E-state index contributed by atoms with van der Waals surface area (Å²) >= 11 is 0. The molecular formula is C28H32F3N5O4S. The molecule has 2 aromatic heterocycles. The van der Waals surface area contributed by atoms with Crippen molar-refractivity contribution in [2.75, 3.05) is 18.1 Å². The van der Waals surface area contributed by atoms with Gasteiger partial charge in [0.1, 0.15) is 5.82 Å². The van der Waals surface area contributed by atoms with E-state index in [0.29, 0.717) is 18.2 Å². The van der Waals surface area contributed by atoms with E-state index in [2.05, 4.69) is 23.7 Å². The highest BCUT2D eigenvalue weighted by molar-refractivity contribution is 7.90. The molecular weight excluding hydrogens is 559 g/mol. The monoisotopic (exact) mass is 591 g/mol. The molecule has 9 nitrogen and oxygen atoms in total. The van der Waals surface area contributed by atoms with Crippen LogP contribution in [0.1, 0.15) is 56.8 Å². The fourth-order valence-electron chi connectivity index (χ4n) is 5.36. The van der Waals surface area contributed by atoms with Crippen molar-refractivity contribution >= 4 is 21.7 Å². The molecule has 1 N–H and O–H groups in total. The molecule has 1 aromatic carbocycles. The van der Waals surface area contributed by atoms with Gasteiger partial charge in [0.25, 0.3) is 15.9 Å². The number of sulfonamides is 1. The number of nitrogens with one attached hydrogen (secondary N) is 1. The van der Waals surface area contributed by atoms with E-state index in [9.17, 15) is 26.4 Å². The molecule has 1 saturated heterocycles. The lowest BCUT2D eigenvalue weighted by Gasteiger charge is -2.26. The Morgan fingerprint density at radius 2 is 1.83 bits per heavy atom. The summed E-state index contributed by atoms with van der Waals surface area (Å²) in [5.74, 6) is -0.0240. The molecule has 1 aliphatic heterocycles. The van der Waals surface area contributed by atoms with Gasteiger partial charge in [-0.1, -0.05) is 32.0 Å². The molecule has 1 aliphatic carbocycles. The lowest BCUT2D eigenvalue weighted by molar-refractivity contribution is -0.190. The predicted molar refractivity (Wildman–Crippen MR) is 145 cm³/mol. The number of alkyl halides is 3. The van der Waals surface area contributed by atoms with Crippen LogP contribution in [-0.4, -0.2) is 54.5 Å². The van der Waals surface area contributed by atoms with Crippen molar-refractivity contribution < 1.29 is 31.1 Å². The Labute approximate surface area is 236 Å². The zero-order chi connectivity index (χ0) is 29.6. The first-order valence-corrected chi connectivity index (χ1v) is 14.8. The van der Waals surface area contributed by atoms with Gasteiger partial charge >= 0.3 is 6.18 Å². The molecule has 3 heterocycles. The second-order valence-corrected chi connectivity index (χ2v) is 13.3. The van der Waals surface area contributed by atoms with Gasteiger partial charge in [0.05, 0.1) is 22.5 Å². The van der Waals surface area contributed by atoms with Crippen molar-refractivity contribution in [3.8, 4) is 11.7 Å². The summed E-state index contributed by atoms with van der Waals surface area (Å²) < 4.78 is 74.4. The summed E-state index contributed by atoms with van der Waals surface area (Å²) in [4.78, 5) is 20.0. The van der Waals surface area contributed by atoms with E-state index in [4.69, 9.17) is 9.72 Å². The SMILES string of the molecule is CC1CC(C)(C)CN1c1nc(-n2ccc(OCCC3(C(F)(F)F)CC3)n2)ccc1C(=O)NS(=O)(=O)c1ccccc1. The first-order valence-electron chi connectivity index (χ1n) is 13.4. The largest absolute Gasteiger partial charge is 0.477 e. The Balaban J connectivity index is 1.39. The van der Waals surface area contributed by atoms with E-state index in [-0.39, 0.29) is 53.7 Å². The summed E-state index contributed by atoms with van der Waals surface area (Å²) in [7, 11) is -4.12. The maximum Gasteiger partial charge on any atom is 0.394 e. The van der Waals surface area contributed by atoms with Crippen LogP contribution in [0.4, 0.5) is 19.0 Å². The minimum atomic E-state index is -4.24. The normalized spacial score (nSPS) is 19.7. The number of ether oxygens (including phenoxy) is 1. The van der Waals surface area contributed by atoms with Crippen LogP contribution in [0.15, 0.2) is 59.6 Å². The van der Waals surface area contributed by atoms with Gasteiger partial charge < -0.3 is 9.64 Å². The van der Waals surface area contributed by atoms with E-state index in [1.165, 1.54) is 35.0 Å². The number of nitrogens with zero attached hydrogens (tertiary/aromatic N) is 4. The van der Waals surface area contributed by atoms with Crippen LogP contribution in [0.3, 0.4) is 0 Å². The van der Waals surface area contributed by atoms with Crippen LogP contribution in [0.2, 0.25) is 0 Å². The molecule has 0 spiro atoms. The Morgan fingerprint density at radius 1 is 1.12 bits per heavy atom. The molecule has 220 valence electrons. The number of rotatable bonds is 9. The number of amides is 1. The fraction of sp³-hybridized carbons (Fsp3) is 0.464. The van der Waals surface area contributed by atoms with Gasteiger partial charge in [-0.05, 0) is 62.3 Å². The summed E-state index contributed by atoms with van der Waals surface area (Å²) in [6.07, 6.45) is -1.76. The molecule has 5 rings (SSSR count). The van der Waals surface area contributed by atoms with Gasteiger partial charge in [0.2, 0.25) is 5.88 Å². The minimum Gasteiger partial charge on any atom is -0.477 e. The van der Waals surface area contributed by atoms with Crippen molar-refractivity contribution in [1.82, 2.24) is 19.5 Å². The molecule has 3 aromatic rings. The first kappa shape index (κ1) is 28.9. The van der Waals surface area contributed by atoms with Crippen LogP contribution in [-0.2, 0) is 10.0 Å². The van der Waals surface area contributed by atoms with E-state index in [1.54, 1.807) is 24.4 Å². The minimum absolute atomic E-state index is 0.0184. The summed E-state index contributed by atoms with van der Waals surface area (Å²) in [5.41, 5.74) is -1.64. The first-order chi connectivity index (χ1) is 19.2. The number of hydrogen-bond acceptors (Lipinski definition) is 7. The van der Waals surface area contributed by atoms with Crippen molar-refractivity contribution in [1.29, 1.82) is 0 Å². The van der Waals surface area contributed by atoms with Gasteiger partial charge in [0.15, 0.2) is 5.82 Å². The summed E-state index contributed by atoms with van der Waals surface area (Å²) in [6, 6.07) is 12.2. The van der Waals surface area contributed by atoms with Crippen molar-refractivity contribution in [3.05, 3.63) is 60.3 Å². The molecule has 0 bridgehead atoms. The van der Waals surface area contributed by atoms with Crippen LogP contribution < -0.4 is 14.4 Å². The van der Waals surface area contributed by atoms with Gasteiger partial charge in [-0.25, -0.2) is 22.8 Å². The highest BCUT2D eigenvalue weighted by Gasteiger charge is 2.62. The lowest BCUT2D eigenvalue weighted by Crippen LogP contribution is -2.35. The lowest BCUT2D eigenvalue weighted by atomic mass is 9.91. The van der Waals surface area contributed by atoms with Crippen LogP contribution in [0, 0.1) is 10.8 Å². The Hall–Kier alpha value is -3.61. The number of hydrogen-bond donors (Lipinski definition) is 1. The molecule has 2 aliphatic rings. The zero-order valence-electron chi connectivity index (χ0n) is 23.0. The van der Waals surface area contributed by atoms with Crippen LogP contribution in [0.5, 0.6) is 5.88 Å². The third kappa shape index (κ3) is 6.04. The molecule has 2 fully saturated rings. The smallest absolute Gasteiger partial charge is 0.394 e. The molecule has 1 atom stereocenters. The van der Waals surface area contributed by atoms with Gasteiger partial charge in [-0.2, -0.15) is 13.2 Å². The second-order valence-electron chi connectivity index (χ2n) is 11.6. The van der Waals surface area contributed by atoms with Gasteiger partial charge in [0, 0.05) is 24.8 Å². The predicted octanol–water partition coefficient (Wildman–Crippen LogP) is 5.12. The molecule has 1 amide bonds. The van der Waals surface area contributed by atoms with E-state index >= 15 is 0 Å². The van der Waals surface area contributed by atoms with Crippen molar-refractivity contribution in [3.63, 3.8) is 0 Å². The topological polar surface area (TPSA) is 106 Å². The number of halogens is 3.